The zero-order valence-electron chi connectivity index (χ0n) is 18.8. The van der Waals surface area contributed by atoms with Crippen molar-refractivity contribution in [3.63, 3.8) is 0 Å². The number of carboxylic acid groups (broad SMARTS) is 1. The third-order valence-corrected chi connectivity index (χ3v) is 7.14. The molecule has 0 saturated carbocycles. The third kappa shape index (κ3) is 3.67. The zero-order valence-corrected chi connectivity index (χ0v) is 18.8. The molecular weight excluding hydrogens is 414 g/mol. The number of nitrogens with zero attached hydrogens (tertiary/aromatic N) is 1. The molecule has 33 heavy (non-hydrogen) atoms. The first-order chi connectivity index (χ1) is 16.0. The minimum Gasteiger partial charge on any atom is -0.481 e. The van der Waals surface area contributed by atoms with Crippen LogP contribution in [0, 0.1) is 19.8 Å². The van der Waals surface area contributed by atoms with E-state index in [4.69, 9.17) is 4.74 Å². The first kappa shape index (κ1) is 21.3. The molecule has 0 spiro atoms. The number of aryl methyl sites for hydroxylation is 2. The summed E-state index contributed by atoms with van der Waals surface area (Å²) in [5, 5.41) is 9.87. The molecule has 0 radical (unpaired) electrons. The summed E-state index contributed by atoms with van der Waals surface area (Å²) in [7, 11) is 0. The minimum absolute atomic E-state index is 0.0198. The van der Waals surface area contributed by atoms with Crippen molar-refractivity contribution in [2.75, 3.05) is 19.7 Å². The van der Waals surface area contributed by atoms with Crippen molar-refractivity contribution in [1.82, 2.24) is 4.90 Å². The molecule has 3 aromatic rings. The van der Waals surface area contributed by atoms with Gasteiger partial charge in [0.25, 0.3) is 0 Å². The fraction of sp³-hybridized carbons (Fsp3) is 0.286. The average Bonchev–Trinajstić information content (AvgIpc) is 3.38. The second kappa shape index (κ2) is 8.39. The van der Waals surface area contributed by atoms with E-state index >= 15 is 0 Å². The molecule has 0 bridgehead atoms. The number of carbonyl (C=O) groups is 2. The van der Waals surface area contributed by atoms with Crippen molar-refractivity contribution in [3.8, 4) is 11.1 Å². The van der Waals surface area contributed by atoms with E-state index in [1.165, 1.54) is 11.1 Å². The molecule has 1 aliphatic heterocycles. The summed E-state index contributed by atoms with van der Waals surface area (Å²) in [6, 6.07) is 22.4. The van der Waals surface area contributed by atoms with E-state index in [1.54, 1.807) is 4.90 Å². The van der Waals surface area contributed by atoms with Crippen molar-refractivity contribution in [3.05, 3.63) is 94.5 Å². The molecule has 1 amide bonds. The molecule has 5 nitrogen and oxygen atoms in total. The lowest BCUT2D eigenvalue weighted by Gasteiger charge is -2.21. The number of hydrogen-bond acceptors (Lipinski definition) is 3. The quantitative estimate of drug-likeness (QED) is 0.592. The highest BCUT2D eigenvalue weighted by molar-refractivity contribution is 5.79. The van der Waals surface area contributed by atoms with Gasteiger partial charge in [0.1, 0.15) is 6.61 Å². The predicted octanol–water partition coefficient (Wildman–Crippen LogP) is 5.35. The number of carbonyl (C=O) groups excluding carboxylic acids is 1. The largest absolute Gasteiger partial charge is 0.481 e. The first-order valence-electron chi connectivity index (χ1n) is 11.3. The fourth-order valence-corrected chi connectivity index (χ4v) is 5.59. The fourth-order valence-electron chi connectivity index (χ4n) is 5.59. The Bertz CT molecular complexity index is 1170. The summed E-state index contributed by atoms with van der Waals surface area (Å²) in [5.41, 5.74) is 7.81. The molecular formula is C28H27NO4. The molecule has 1 heterocycles. The van der Waals surface area contributed by atoms with Gasteiger partial charge in [0.2, 0.25) is 0 Å². The Morgan fingerprint density at radius 1 is 0.879 bits per heavy atom. The van der Waals surface area contributed by atoms with E-state index in [2.05, 4.69) is 24.3 Å². The summed E-state index contributed by atoms with van der Waals surface area (Å²) < 4.78 is 5.79. The number of likely N-dealkylation sites (tertiary alicyclic amines) is 1. The Balaban J connectivity index is 1.34. The maximum absolute atomic E-state index is 13.1. The van der Waals surface area contributed by atoms with Gasteiger partial charge in [-0.05, 0) is 52.8 Å². The van der Waals surface area contributed by atoms with Crippen molar-refractivity contribution >= 4 is 12.1 Å². The molecule has 5 heteroatoms. The second-order valence-corrected chi connectivity index (χ2v) is 9.07. The Morgan fingerprint density at radius 3 is 2.03 bits per heavy atom. The van der Waals surface area contributed by atoms with Gasteiger partial charge in [-0.3, -0.25) is 4.79 Å². The molecule has 1 fully saturated rings. The summed E-state index contributed by atoms with van der Waals surface area (Å²) >= 11 is 0. The van der Waals surface area contributed by atoms with E-state index in [9.17, 15) is 14.7 Å². The van der Waals surface area contributed by atoms with Gasteiger partial charge in [-0.1, -0.05) is 66.7 Å². The Hall–Kier alpha value is -3.60. The highest BCUT2D eigenvalue weighted by Gasteiger charge is 2.42. The molecule has 168 valence electrons. The molecule has 5 rings (SSSR count). The van der Waals surface area contributed by atoms with Gasteiger partial charge in [-0.15, -0.1) is 0 Å². The predicted molar refractivity (Wildman–Crippen MR) is 126 cm³/mol. The van der Waals surface area contributed by atoms with Gasteiger partial charge in [-0.2, -0.15) is 0 Å². The molecule has 2 aliphatic rings. The summed E-state index contributed by atoms with van der Waals surface area (Å²) in [6.07, 6.45) is -0.447. The SMILES string of the molecule is Cc1cccc(C)c1C1CN(C(=O)OCC2c3ccccc3-c3ccccc32)CC1C(=O)O. The van der Waals surface area contributed by atoms with Crippen molar-refractivity contribution in [2.24, 2.45) is 5.92 Å². The van der Waals surface area contributed by atoms with Crippen LogP contribution in [0.15, 0.2) is 66.7 Å². The van der Waals surface area contributed by atoms with Crippen LogP contribution in [0.25, 0.3) is 11.1 Å². The van der Waals surface area contributed by atoms with Crippen LogP contribution in [0.4, 0.5) is 4.79 Å². The van der Waals surface area contributed by atoms with Crippen molar-refractivity contribution in [2.45, 2.75) is 25.7 Å². The molecule has 0 aromatic heterocycles. The lowest BCUT2D eigenvalue weighted by Crippen LogP contribution is -2.31. The second-order valence-electron chi connectivity index (χ2n) is 9.07. The van der Waals surface area contributed by atoms with Crippen LogP contribution in [0.1, 0.15) is 39.7 Å². The topological polar surface area (TPSA) is 66.8 Å². The van der Waals surface area contributed by atoms with Gasteiger partial charge in [-0.25, -0.2) is 4.79 Å². The number of ether oxygens (including phenoxy) is 1. The highest BCUT2D eigenvalue weighted by Crippen LogP contribution is 2.44. The molecule has 1 N–H and O–H groups in total. The van der Waals surface area contributed by atoms with E-state index in [1.807, 2.05) is 56.3 Å². The van der Waals surface area contributed by atoms with Crippen LogP contribution in [0.5, 0.6) is 0 Å². The van der Waals surface area contributed by atoms with Crippen LogP contribution >= 0.6 is 0 Å². The number of carboxylic acids is 1. The maximum atomic E-state index is 13.1. The Labute approximate surface area is 193 Å². The minimum atomic E-state index is -0.878. The van der Waals surface area contributed by atoms with Gasteiger partial charge in [0.15, 0.2) is 0 Å². The lowest BCUT2D eigenvalue weighted by molar-refractivity contribution is -0.141. The average molecular weight is 442 g/mol. The van der Waals surface area contributed by atoms with E-state index in [0.717, 1.165) is 27.8 Å². The molecule has 1 saturated heterocycles. The normalized spacial score (nSPS) is 19.3. The van der Waals surface area contributed by atoms with Gasteiger partial charge >= 0.3 is 12.1 Å². The van der Waals surface area contributed by atoms with Crippen LogP contribution in [0.2, 0.25) is 0 Å². The van der Waals surface area contributed by atoms with Gasteiger partial charge < -0.3 is 14.7 Å². The standard InChI is InChI=1S/C28H27NO4/c1-17-8-7-9-18(2)26(17)23-14-29(15-24(23)27(30)31)28(32)33-16-25-21-12-5-3-10-19(21)20-11-4-6-13-22(20)25/h3-13,23-25H,14-16H2,1-2H3,(H,30,31). The first-order valence-corrected chi connectivity index (χ1v) is 11.3. The summed E-state index contributed by atoms with van der Waals surface area (Å²) in [6.45, 7) is 4.73. The van der Waals surface area contributed by atoms with Crippen LogP contribution < -0.4 is 0 Å². The third-order valence-electron chi connectivity index (χ3n) is 7.14. The van der Waals surface area contributed by atoms with Crippen molar-refractivity contribution < 1.29 is 19.4 Å². The number of rotatable bonds is 4. The summed E-state index contributed by atoms with van der Waals surface area (Å²) in [5.74, 6) is -1.79. The number of amides is 1. The Kier molecular flexibility index (Phi) is 5.41. The maximum Gasteiger partial charge on any atom is 0.409 e. The number of benzene rings is 3. The van der Waals surface area contributed by atoms with E-state index in [0.29, 0.717) is 6.54 Å². The zero-order chi connectivity index (χ0) is 23.1. The smallest absolute Gasteiger partial charge is 0.409 e. The Morgan fingerprint density at radius 2 is 1.45 bits per heavy atom. The molecule has 1 aliphatic carbocycles. The summed E-state index contributed by atoms with van der Waals surface area (Å²) in [4.78, 5) is 26.6. The van der Waals surface area contributed by atoms with Crippen molar-refractivity contribution in [1.29, 1.82) is 0 Å². The monoisotopic (exact) mass is 441 g/mol. The van der Waals surface area contributed by atoms with Gasteiger partial charge in [0.05, 0.1) is 5.92 Å². The van der Waals surface area contributed by atoms with Gasteiger partial charge in [0, 0.05) is 24.9 Å². The molecule has 3 aromatic carbocycles. The van der Waals surface area contributed by atoms with Crippen LogP contribution in [-0.2, 0) is 9.53 Å². The highest BCUT2D eigenvalue weighted by atomic mass is 16.6. The molecule has 2 atom stereocenters. The van der Waals surface area contributed by atoms with Crippen LogP contribution in [-0.4, -0.2) is 41.8 Å². The number of aliphatic carboxylic acids is 1. The molecule has 2 unspecified atom stereocenters. The van der Waals surface area contributed by atoms with Crippen LogP contribution in [0.3, 0.4) is 0 Å². The lowest BCUT2D eigenvalue weighted by atomic mass is 9.84. The van der Waals surface area contributed by atoms with E-state index in [-0.39, 0.29) is 25.0 Å². The van der Waals surface area contributed by atoms with E-state index < -0.39 is 18.0 Å². The number of fused-ring (bicyclic) bond motifs is 3. The number of hydrogen-bond donors (Lipinski definition) is 1.